The summed E-state index contributed by atoms with van der Waals surface area (Å²) in [5.41, 5.74) is 2.42. The van der Waals surface area contributed by atoms with Crippen LogP contribution in [-0.2, 0) is 17.9 Å². The molecule has 0 aliphatic carbocycles. The van der Waals surface area contributed by atoms with Gasteiger partial charge < -0.3 is 15.7 Å². The van der Waals surface area contributed by atoms with E-state index >= 15 is 0 Å². The van der Waals surface area contributed by atoms with E-state index in [0.717, 1.165) is 51.1 Å². The summed E-state index contributed by atoms with van der Waals surface area (Å²) in [7, 11) is 0. The second-order valence-corrected chi connectivity index (χ2v) is 6.40. The number of likely N-dealkylation sites (tertiary alicyclic amines) is 1. The standard InChI is InChI=1S/C17H25N3O2/c21-16-5-7-20(8-6-16)12-14-3-1-13(2-4-14)9-19-17(22)15-10-18-11-15/h1-4,15-16,18,21H,5-12H2,(H,19,22). The minimum Gasteiger partial charge on any atom is -0.393 e. The van der Waals surface area contributed by atoms with Crippen LogP contribution in [0.3, 0.4) is 0 Å². The van der Waals surface area contributed by atoms with Crippen molar-refractivity contribution in [3.63, 3.8) is 0 Å². The largest absolute Gasteiger partial charge is 0.393 e. The Bertz CT molecular complexity index is 491. The number of nitrogens with one attached hydrogen (secondary N) is 2. The smallest absolute Gasteiger partial charge is 0.225 e. The first-order valence-corrected chi connectivity index (χ1v) is 8.17. The normalized spacial score (nSPS) is 20.6. The molecule has 1 amide bonds. The number of aliphatic hydroxyl groups is 1. The van der Waals surface area contributed by atoms with Crippen LogP contribution in [0, 0.1) is 5.92 Å². The number of piperidine rings is 1. The Morgan fingerprint density at radius 2 is 1.82 bits per heavy atom. The van der Waals surface area contributed by atoms with Gasteiger partial charge >= 0.3 is 0 Å². The summed E-state index contributed by atoms with van der Waals surface area (Å²) in [4.78, 5) is 14.2. The minimum atomic E-state index is -0.117. The molecule has 1 aromatic rings. The first-order valence-electron chi connectivity index (χ1n) is 8.17. The zero-order chi connectivity index (χ0) is 15.4. The van der Waals surface area contributed by atoms with E-state index in [0.29, 0.717) is 6.54 Å². The van der Waals surface area contributed by atoms with Crippen molar-refractivity contribution in [2.45, 2.75) is 32.0 Å². The van der Waals surface area contributed by atoms with E-state index in [-0.39, 0.29) is 17.9 Å². The highest BCUT2D eigenvalue weighted by Gasteiger charge is 2.24. The Kier molecular flexibility index (Phi) is 5.08. The van der Waals surface area contributed by atoms with Gasteiger partial charge in [0.05, 0.1) is 12.0 Å². The van der Waals surface area contributed by atoms with Crippen molar-refractivity contribution in [3.8, 4) is 0 Å². The van der Waals surface area contributed by atoms with Crippen LogP contribution in [0.25, 0.3) is 0 Å². The first-order chi connectivity index (χ1) is 10.7. The number of carbonyl (C=O) groups excluding carboxylic acids is 1. The topological polar surface area (TPSA) is 64.6 Å². The summed E-state index contributed by atoms with van der Waals surface area (Å²) in [6, 6.07) is 8.45. The molecule has 1 aromatic carbocycles. The van der Waals surface area contributed by atoms with Gasteiger partial charge in [-0.15, -0.1) is 0 Å². The van der Waals surface area contributed by atoms with Gasteiger partial charge in [-0.05, 0) is 24.0 Å². The van der Waals surface area contributed by atoms with Crippen LogP contribution in [-0.4, -0.2) is 48.2 Å². The highest BCUT2D eigenvalue weighted by molar-refractivity contribution is 5.79. The second-order valence-electron chi connectivity index (χ2n) is 6.40. The lowest BCUT2D eigenvalue weighted by molar-refractivity contribution is -0.126. The van der Waals surface area contributed by atoms with Gasteiger partial charge in [0.2, 0.25) is 5.91 Å². The van der Waals surface area contributed by atoms with Gasteiger partial charge in [-0.3, -0.25) is 9.69 Å². The zero-order valence-electron chi connectivity index (χ0n) is 12.9. The van der Waals surface area contributed by atoms with Crippen LogP contribution in [0.2, 0.25) is 0 Å². The maximum atomic E-state index is 11.8. The molecule has 2 aliphatic rings. The molecule has 3 rings (SSSR count). The predicted octanol–water partition coefficient (Wildman–Crippen LogP) is 0.479. The fourth-order valence-corrected chi connectivity index (χ4v) is 2.91. The molecule has 22 heavy (non-hydrogen) atoms. The fraction of sp³-hybridized carbons (Fsp3) is 0.588. The van der Waals surface area contributed by atoms with Crippen molar-refractivity contribution in [1.82, 2.24) is 15.5 Å². The van der Waals surface area contributed by atoms with E-state index in [1.54, 1.807) is 0 Å². The van der Waals surface area contributed by atoms with Crippen LogP contribution in [0.5, 0.6) is 0 Å². The molecule has 0 spiro atoms. The predicted molar refractivity (Wildman–Crippen MR) is 85.2 cm³/mol. The number of benzene rings is 1. The molecular formula is C17H25N3O2. The number of hydrogen-bond donors (Lipinski definition) is 3. The lowest BCUT2D eigenvalue weighted by Gasteiger charge is -2.29. The number of amides is 1. The van der Waals surface area contributed by atoms with Gasteiger partial charge in [0.15, 0.2) is 0 Å². The van der Waals surface area contributed by atoms with Crippen LogP contribution >= 0.6 is 0 Å². The summed E-state index contributed by atoms with van der Waals surface area (Å²) in [5, 5.41) is 15.6. The van der Waals surface area contributed by atoms with Gasteiger partial charge in [0.1, 0.15) is 0 Å². The van der Waals surface area contributed by atoms with Crippen molar-refractivity contribution in [3.05, 3.63) is 35.4 Å². The lowest BCUT2D eigenvalue weighted by Crippen LogP contribution is -2.50. The quantitative estimate of drug-likeness (QED) is 0.740. The number of nitrogens with zero attached hydrogens (tertiary/aromatic N) is 1. The molecule has 0 radical (unpaired) electrons. The van der Waals surface area contributed by atoms with Crippen molar-refractivity contribution >= 4 is 5.91 Å². The van der Waals surface area contributed by atoms with E-state index in [4.69, 9.17) is 0 Å². The highest BCUT2D eigenvalue weighted by atomic mass is 16.3. The monoisotopic (exact) mass is 303 g/mol. The molecule has 2 aliphatic heterocycles. The van der Waals surface area contributed by atoms with Gasteiger partial charge in [0.25, 0.3) is 0 Å². The van der Waals surface area contributed by atoms with Crippen LogP contribution in [0.1, 0.15) is 24.0 Å². The summed E-state index contributed by atoms with van der Waals surface area (Å²) < 4.78 is 0. The van der Waals surface area contributed by atoms with Crippen molar-refractivity contribution < 1.29 is 9.90 Å². The summed E-state index contributed by atoms with van der Waals surface area (Å²) in [5.74, 6) is 0.295. The number of carbonyl (C=O) groups is 1. The fourth-order valence-electron chi connectivity index (χ4n) is 2.91. The van der Waals surface area contributed by atoms with E-state index in [2.05, 4.69) is 39.8 Å². The molecule has 2 heterocycles. The SMILES string of the molecule is O=C(NCc1ccc(CN2CCC(O)CC2)cc1)C1CNC1. The van der Waals surface area contributed by atoms with Crippen LogP contribution in [0.15, 0.2) is 24.3 Å². The molecule has 120 valence electrons. The lowest BCUT2D eigenvalue weighted by atomic mass is 10.0. The number of rotatable bonds is 5. The molecule has 2 fully saturated rings. The first kappa shape index (κ1) is 15.5. The van der Waals surface area contributed by atoms with E-state index in [1.807, 2.05) is 0 Å². The Balaban J connectivity index is 1.44. The third-order valence-corrected chi connectivity index (χ3v) is 4.61. The Morgan fingerprint density at radius 3 is 2.41 bits per heavy atom. The maximum absolute atomic E-state index is 11.8. The molecule has 0 unspecified atom stereocenters. The molecule has 0 bridgehead atoms. The van der Waals surface area contributed by atoms with E-state index in [1.165, 1.54) is 5.56 Å². The highest BCUT2D eigenvalue weighted by Crippen LogP contribution is 2.14. The third-order valence-electron chi connectivity index (χ3n) is 4.61. The molecule has 3 N–H and O–H groups in total. The summed E-state index contributed by atoms with van der Waals surface area (Å²) >= 11 is 0. The van der Waals surface area contributed by atoms with E-state index in [9.17, 15) is 9.90 Å². The average molecular weight is 303 g/mol. The van der Waals surface area contributed by atoms with E-state index < -0.39 is 0 Å². The number of hydrogen-bond acceptors (Lipinski definition) is 4. The van der Waals surface area contributed by atoms with Gasteiger partial charge in [-0.25, -0.2) is 0 Å². The number of aliphatic hydroxyl groups excluding tert-OH is 1. The van der Waals surface area contributed by atoms with Crippen LogP contribution in [0.4, 0.5) is 0 Å². The average Bonchev–Trinajstić information content (AvgIpc) is 2.47. The molecular weight excluding hydrogens is 278 g/mol. The van der Waals surface area contributed by atoms with Crippen molar-refractivity contribution in [1.29, 1.82) is 0 Å². The molecule has 0 aromatic heterocycles. The Morgan fingerprint density at radius 1 is 1.18 bits per heavy atom. The summed E-state index contributed by atoms with van der Waals surface area (Å²) in [6.45, 7) is 5.08. The Labute approximate surface area is 131 Å². The Hall–Kier alpha value is -1.43. The van der Waals surface area contributed by atoms with Crippen molar-refractivity contribution in [2.75, 3.05) is 26.2 Å². The van der Waals surface area contributed by atoms with Gasteiger partial charge in [0, 0.05) is 39.3 Å². The van der Waals surface area contributed by atoms with Gasteiger partial charge in [-0.1, -0.05) is 24.3 Å². The van der Waals surface area contributed by atoms with Gasteiger partial charge in [-0.2, -0.15) is 0 Å². The van der Waals surface area contributed by atoms with Crippen molar-refractivity contribution in [2.24, 2.45) is 5.92 Å². The molecule has 0 saturated carbocycles. The zero-order valence-corrected chi connectivity index (χ0v) is 12.9. The third kappa shape index (κ3) is 4.06. The molecule has 5 nitrogen and oxygen atoms in total. The molecule has 0 atom stereocenters. The van der Waals surface area contributed by atoms with Crippen LogP contribution < -0.4 is 10.6 Å². The second kappa shape index (κ2) is 7.22. The summed E-state index contributed by atoms with van der Waals surface area (Å²) in [6.07, 6.45) is 1.63. The molecule has 5 heteroatoms. The minimum absolute atomic E-state index is 0.117. The molecule has 2 saturated heterocycles. The maximum Gasteiger partial charge on any atom is 0.225 e.